The smallest absolute Gasteiger partial charge is 0.246 e. The van der Waals surface area contributed by atoms with Crippen LogP contribution in [-0.2, 0) is 14.4 Å². The number of amides is 2. The first kappa shape index (κ1) is 17.4. The minimum atomic E-state index is -0.581. The van der Waals surface area contributed by atoms with Crippen molar-refractivity contribution in [2.75, 3.05) is 19.6 Å². The number of Topliss-reactive ketones (excluding diaryl/α,β-unsaturated/α-hetero) is 1. The van der Waals surface area contributed by atoms with E-state index in [2.05, 4.69) is 11.9 Å². The van der Waals surface area contributed by atoms with E-state index in [1.54, 1.807) is 0 Å². The molecule has 1 rings (SSSR count). The zero-order chi connectivity index (χ0) is 16.0. The minimum Gasteiger partial charge on any atom is -0.356 e. The van der Waals surface area contributed by atoms with E-state index in [-0.39, 0.29) is 36.6 Å². The van der Waals surface area contributed by atoms with Gasteiger partial charge in [0.2, 0.25) is 11.8 Å². The summed E-state index contributed by atoms with van der Waals surface area (Å²) in [6.45, 7) is 8.20. The molecule has 2 amide bonds. The fraction of sp³-hybridized carbons (Fsp3) is 0.667. The van der Waals surface area contributed by atoms with Crippen LogP contribution < -0.4 is 11.1 Å². The highest BCUT2D eigenvalue weighted by Gasteiger charge is 2.29. The van der Waals surface area contributed by atoms with Crippen LogP contribution in [-0.4, -0.2) is 48.2 Å². The molecule has 0 aromatic carbocycles. The molecular weight excluding hydrogens is 270 g/mol. The lowest BCUT2D eigenvalue weighted by molar-refractivity contribution is -0.134. The Kier molecular flexibility index (Phi) is 6.55. The van der Waals surface area contributed by atoms with E-state index in [0.29, 0.717) is 25.3 Å². The molecule has 1 heterocycles. The molecule has 0 aromatic heterocycles. The molecule has 0 aromatic rings. The molecule has 1 fully saturated rings. The van der Waals surface area contributed by atoms with Crippen LogP contribution in [0.3, 0.4) is 0 Å². The van der Waals surface area contributed by atoms with Gasteiger partial charge in [0.1, 0.15) is 0 Å². The predicted molar refractivity (Wildman–Crippen MR) is 80.3 cm³/mol. The molecule has 6 nitrogen and oxygen atoms in total. The number of rotatable bonds is 8. The van der Waals surface area contributed by atoms with Crippen LogP contribution >= 0.6 is 0 Å². The topological polar surface area (TPSA) is 92.5 Å². The molecule has 0 saturated carbocycles. The summed E-state index contributed by atoms with van der Waals surface area (Å²) in [4.78, 5) is 36.9. The summed E-state index contributed by atoms with van der Waals surface area (Å²) in [5, 5.41) is 2.72. The number of hydrogen-bond acceptors (Lipinski definition) is 4. The van der Waals surface area contributed by atoms with Gasteiger partial charge in [-0.3, -0.25) is 14.4 Å². The summed E-state index contributed by atoms with van der Waals surface area (Å²) in [6.07, 6.45) is 2.42. The molecule has 118 valence electrons. The van der Waals surface area contributed by atoms with Gasteiger partial charge < -0.3 is 16.0 Å². The van der Waals surface area contributed by atoms with Crippen LogP contribution in [0.5, 0.6) is 0 Å². The van der Waals surface area contributed by atoms with Crippen molar-refractivity contribution in [1.82, 2.24) is 10.2 Å². The van der Waals surface area contributed by atoms with Crippen LogP contribution in [0.15, 0.2) is 12.7 Å². The third-order valence-electron chi connectivity index (χ3n) is 3.58. The van der Waals surface area contributed by atoms with Crippen molar-refractivity contribution in [3.63, 3.8) is 0 Å². The molecule has 0 aliphatic carbocycles. The van der Waals surface area contributed by atoms with Gasteiger partial charge in [-0.05, 0) is 24.8 Å². The lowest BCUT2D eigenvalue weighted by Gasteiger charge is -2.24. The molecule has 0 bridgehead atoms. The standard InChI is InChI=1S/C15H25N3O3/c1-4-14(20)18(8-11-5-6-17-15(11)21)9-13(19)12(16)7-10(2)3/h4,10-12H,1,5-9,16H2,2-3H3,(H,17,21)/t11-,12-/m0/s1. The quantitative estimate of drug-likeness (QED) is 0.620. The fourth-order valence-corrected chi connectivity index (χ4v) is 2.39. The van der Waals surface area contributed by atoms with Crippen LogP contribution in [0.2, 0.25) is 0 Å². The number of ketones is 1. The van der Waals surface area contributed by atoms with Crippen molar-refractivity contribution in [3.8, 4) is 0 Å². The molecule has 6 heteroatoms. The van der Waals surface area contributed by atoms with E-state index < -0.39 is 6.04 Å². The van der Waals surface area contributed by atoms with E-state index in [0.717, 1.165) is 6.08 Å². The number of hydrogen-bond donors (Lipinski definition) is 2. The largest absolute Gasteiger partial charge is 0.356 e. The number of carbonyl (C=O) groups is 3. The summed E-state index contributed by atoms with van der Waals surface area (Å²) >= 11 is 0. The minimum absolute atomic E-state index is 0.0669. The first-order valence-corrected chi connectivity index (χ1v) is 7.32. The summed E-state index contributed by atoms with van der Waals surface area (Å²) in [5.41, 5.74) is 5.85. The molecule has 0 radical (unpaired) electrons. The molecular formula is C15H25N3O3. The second kappa shape index (κ2) is 7.93. The summed E-state index contributed by atoms with van der Waals surface area (Å²) < 4.78 is 0. The fourth-order valence-electron chi connectivity index (χ4n) is 2.39. The third kappa shape index (κ3) is 5.30. The van der Waals surface area contributed by atoms with Gasteiger partial charge >= 0.3 is 0 Å². The Morgan fingerprint density at radius 2 is 2.19 bits per heavy atom. The van der Waals surface area contributed by atoms with Gasteiger partial charge in [0.05, 0.1) is 18.5 Å². The Bertz CT molecular complexity index is 420. The predicted octanol–water partition coefficient (Wildman–Crippen LogP) is 0.0796. The number of nitrogens with zero attached hydrogens (tertiary/aromatic N) is 1. The molecule has 1 saturated heterocycles. The van der Waals surface area contributed by atoms with E-state index in [1.807, 2.05) is 13.8 Å². The van der Waals surface area contributed by atoms with E-state index in [1.165, 1.54) is 4.90 Å². The second-order valence-electron chi connectivity index (χ2n) is 5.90. The van der Waals surface area contributed by atoms with Crippen LogP contribution in [0, 0.1) is 11.8 Å². The van der Waals surface area contributed by atoms with Crippen molar-refractivity contribution < 1.29 is 14.4 Å². The SMILES string of the molecule is C=CC(=O)N(CC(=O)[C@@H](N)CC(C)C)C[C@@H]1CCNC1=O. The first-order chi connectivity index (χ1) is 9.85. The Balaban J connectivity index is 2.65. The lowest BCUT2D eigenvalue weighted by Crippen LogP contribution is -2.45. The van der Waals surface area contributed by atoms with Gasteiger partial charge in [0, 0.05) is 13.1 Å². The maximum atomic E-state index is 12.1. The Morgan fingerprint density at radius 3 is 2.67 bits per heavy atom. The highest BCUT2D eigenvalue weighted by molar-refractivity contribution is 5.93. The number of nitrogens with one attached hydrogen (secondary N) is 1. The van der Waals surface area contributed by atoms with Gasteiger partial charge in [0.25, 0.3) is 0 Å². The van der Waals surface area contributed by atoms with E-state index in [4.69, 9.17) is 5.73 Å². The van der Waals surface area contributed by atoms with Gasteiger partial charge in [-0.1, -0.05) is 20.4 Å². The van der Waals surface area contributed by atoms with Gasteiger partial charge in [-0.15, -0.1) is 0 Å². The highest BCUT2D eigenvalue weighted by Crippen LogP contribution is 2.12. The van der Waals surface area contributed by atoms with Crippen molar-refractivity contribution in [2.24, 2.45) is 17.6 Å². The van der Waals surface area contributed by atoms with E-state index in [9.17, 15) is 14.4 Å². The summed E-state index contributed by atoms with van der Waals surface area (Å²) in [5.74, 6) is -0.552. The molecule has 21 heavy (non-hydrogen) atoms. The Hall–Kier alpha value is -1.69. The number of carbonyl (C=O) groups excluding carboxylic acids is 3. The summed E-state index contributed by atoms with van der Waals surface area (Å²) in [6, 6.07) is -0.581. The monoisotopic (exact) mass is 295 g/mol. The zero-order valence-corrected chi connectivity index (χ0v) is 12.8. The molecule has 0 spiro atoms. The van der Waals surface area contributed by atoms with Crippen LogP contribution in [0.1, 0.15) is 26.7 Å². The maximum absolute atomic E-state index is 12.1. The zero-order valence-electron chi connectivity index (χ0n) is 12.8. The average Bonchev–Trinajstić information content (AvgIpc) is 2.81. The molecule has 3 N–H and O–H groups in total. The van der Waals surface area contributed by atoms with Gasteiger partial charge in [-0.2, -0.15) is 0 Å². The van der Waals surface area contributed by atoms with Crippen molar-refractivity contribution in [1.29, 1.82) is 0 Å². The third-order valence-corrected chi connectivity index (χ3v) is 3.58. The van der Waals surface area contributed by atoms with Crippen molar-refractivity contribution >= 4 is 17.6 Å². The maximum Gasteiger partial charge on any atom is 0.246 e. The van der Waals surface area contributed by atoms with E-state index >= 15 is 0 Å². The molecule has 2 atom stereocenters. The molecule has 0 unspecified atom stereocenters. The van der Waals surface area contributed by atoms with Crippen molar-refractivity contribution in [3.05, 3.63) is 12.7 Å². The van der Waals surface area contributed by atoms with Gasteiger partial charge in [-0.25, -0.2) is 0 Å². The number of nitrogens with two attached hydrogens (primary N) is 1. The second-order valence-corrected chi connectivity index (χ2v) is 5.90. The highest BCUT2D eigenvalue weighted by atomic mass is 16.2. The van der Waals surface area contributed by atoms with Gasteiger partial charge in [0.15, 0.2) is 5.78 Å². The van der Waals surface area contributed by atoms with Crippen LogP contribution in [0.25, 0.3) is 0 Å². The average molecular weight is 295 g/mol. The Labute approximate surface area is 125 Å². The summed E-state index contributed by atoms with van der Waals surface area (Å²) in [7, 11) is 0. The lowest BCUT2D eigenvalue weighted by atomic mass is 10.0. The first-order valence-electron chi connectivity index (χ1n) is 7.32. The van der Waals surface area contributed by atoms with Crippen molar-refractivity contribution in [2.45, 2.75) is 32.7 Å². The molecule has 1 aliphatic rings. The Morgan fingerprint density at radius 1 is 1.52 bits per heavy atom. The normalized spacial score (nSPS) is 19.2. The van der Waals surface area contributed by atoms with Crippen LogP contribution in [0.4, 0.5) is 0 Å². The molecule has 1 aliphatic heterocycles.